The summed E-state index contributed by atoms with van der Waals surface area (Å²) in [4.78, 5) is 9.50. The molecule has 110 valence electrons. The summed E-state index contributed by atoms with van der Waals surface area (Å²) in [5.74, 6) is 1.70. The first-order valence-corrected chi connectivity index (χ1v) is 7.48. The molecule has 1 N–H and O–H groups in total. The van der Waals surface area contributed by atoms with Gasteiger partial charge in [0.25, 0.3) is 0 Å². The number of anilines is 1. The van der Waals surface area contributed by atoms with Crippen LogP contribution in [0.3, 0.4) is 0 Å². The zero-order valence-electron chi connectivity index (χ0n) is 12.6. The van der Waals surface area contributed by atoms with E-state index in [-0.39, 0.29) is 6.10 Å². The van der Waals surface area contributed by atoms with Gasteiger partial charge in [-0.3, -0.25) is 0 Å². The molecule has 1 aliphatic rings. The maximum absolute atomic E-state index is 5.66. The SMILES string of the molecule is CNc1nc(C(OC)c2ccccc2)nc2c1CCCC2. The summed E-state index contributed by atoms with van der Waals surface area (Å²) < 4.78 is 5.66. The Kier molecular flexibility index (Phi) is 4.15. The molecule has 0 amide bonds. The Morgan fingerprint density at radius 1 is 1.10 bits per heavy atom. The number of methoxy groups -OCH3 is 1. The minimum absolute atomic E-state index is 0.217. The van der Waals surface area contributed by atoms with Gasteiger partial charge in [-0.15, -0.1) is 0 Å². The second-order valence-electron chi connectivity index (χ2n) is 5.34. The van der Waals surface area contributed by atoms with Crippen LogP contribution in [0.25, 0.3) is 0 Å². The molecule has 0 radical (unpaired) electrons. The molecule has 1 atom stereocenters. The van der Waals surface area contributed by atoms with E-state index in [9.17, 15) is 0 Å². The second kappa shape index (κ2) is 6.22. The van der Waals surface area contributed by atoms with E-state index in [0.717, 1.165) is 30.0 Å². The fourth-order valence-electron chi connectivity index (χ4n) is 2.96. The lowest BCUT2D eigenvalue weighted by Gasteiger charge is -2.21. The van der Waals surface area contributed by atoms with Crippen LogP contribution in [-0.4, -0.2) is 24.1 Å². The minimum Gasteiger partial charge on any atom is -0.373 e. The van der Waals surface area contributed by atoms with E-state index in [1.807, 2.05) is 25.2 Å². The number of nitrogens with one attached hydrogen (secondary N) is 1. The zero-order chi connectivity index (χ0) is 14.7. The van der Waals surface area contributed by atoms with E-state index in [0.29, 0.717) is 0 Å². The number of hydrogen-bond acceptors (Lipinski definition) is 4. The Morgan fingerprint density at radius 3 is 2.57 bits per heavy atom. The van der Waals surface area contributed by atoms with Crippen LogP contribution in [-0.2, 0) is 17.6 Å². The second-order valence-corrected chi connectivity index (χ2v) is 5.34. The van der Waals surface area contributed by atoms with Gasteiger partial charge in [0.15, 0.2) is 5.82 Å². The van der Waals surface area contributed by atoms with Gasteiger partial charge in [0.1, 0.15) is 11.9 Å². The van der Waals surface area contributed by atoms with Crippen molar-refractivity contribution in [2.45, 2.75) is 31.8 Å². The number of fused-ring (bicyclic) bond motifs is 1. The van der Waals surface area contributed by atoms with E-state index < -0.39 is 0 Å². The lowest BCUT2D eigenvalue weighted by molar-refractivity contribution is 0.129. The van der Waals surface area contributed by atoms with Crippen molar-refractivity contribution in [1.29, 1.82) is 0 Å². The third-order valence-electron chi connectivity index (χ3n) is 4.01. The topological polar surface area (TPSA) is 47.0 Å². The normalized spacial score (nSPS) is 15.3. The monoisotopic (exact) mass is 283 g/mol. The molecule has 3 rings (SSSR count). The number of nitrogens with zero attached hydrogens (tertiary/aromatic N) is 2. The van der Waals surface area contributed by atoms with E-state index in [4.69, 9.17) is 14.7 Å². The predicted octanol–water partition coefficient (Wildman–Crippen LogP) is 3.13. The lowest BCUT2D eigenvalue weighted by Crippen LogP contribution is -2.16. The van der Waals surface area contributed by atoms with Crippen molar-refractivity contribution in [3.05, 3.63) is 53.0 Å². The highest BCUT2D eigenvalue weighted by Gasteiger charge is 2.22. The van der Waals surface area contributed by atoms with Crippen LogP contribution in [0, 0.1) is 0 Å². The molecule has 1 heterocycles. The maximum Gasteiger partial charge on any atom is 0.164 e. The van der Waals surface area contributed by atoms with Crippen LogP contribution >= 0.6 is 0 Å². The van der Waals surface area contributed by atoms with Crippen molar-refractivity contribution in [2.75, 3.05) is 19.5 Å². The van der Waals surface area contributed by atoms with Gasteiger partial charge in [-0.2, -0.15) is 0 Å². The highest BCUT2D eigenvalue weighted by atomic mass is 16.5. The summed E-state index contributed by atoms with van der Waals surface area (Å²) in [7, 11) is 3.63. The predicted molar refractivity (Wildman–Crippen MR) is 83.5 cm³/mol. The van der Waals surface area contributed by atoms with Crippen molar-refractivity contribution in [1.82, 2.24) is 9.97 Å². The Balaban J connectivity index is 2.05. The summed E-state index contributed by atoms with van der Waals surface area (Å²) in [6.07, 6.45) is 4.30. The summed E-state index contributed by atoms with van der Waals surface area (Å²) in [6, 6.07) is 10.1. The lowest BCUT2D eigenvalue weighted by atomic mass is 9.96. The number of ether oxygens (including phenoxy) is 1. The molecule has 0 bridgehead atoms. The molecule has 1 aromatic heterocycles. The van der Waals surface area contributed by atoms with Crippen LogP contribution in [0.5, 0.6) is 0 Å². The van der Waals surface area contributed by atoms with Crippen molar-refractivity contribution in [2.24, 2.45) is 0 Å². The van der Waals surface area contributed by atoms with Gasteiger partial charge in [0, 0.05) is 25.4 Å². The Morgan fingerprint density at radius 2 is 1.86 bits per heavy atom. The van der Waals surface area contributed by atoms with Gasteiger partial charge >= 0.3 is 0 Å². The van der Waals surface area contributed by atoms with Crippen molar-refractivity contribution in [3.8, 4) is 0 Å². The van der Waals surface area contributed by atoms with Gasteiger partial charge in [-0.25, -0.2) is 9.97 Å². The molecule has 0 saturated carbocycles. The van der Waals surface area contributed by atoms with Crippen LogP contribution in [0.1, 0.15) is 41.6 Å². The average molecular weight is 283 g/mol. The Hall–Kier alpha value is -1.94. The van der Waals surface area contributed by atoms with Crippen LogP contribution in [0.2, 0.25) is 0 Å². The Labute approximate surface area is 125 Å². The van der Waals surface area contributed by atoms with Crippen molar-refractivity contribution in [3.63, 3.8) is 0 Å². The van der Waals surface area contributed by atoms with Crippen molar-refractivity contribution >= 4 is 5.82 Å². The number of hydrogen-bond donors (Lipinski definition) is 1. The smallest absolute Gasteiger partial charge is 0.164 e. The third kappa shape index (κ3) is 2.76. The van der Waals surface area contributed by atoms with E-state index in [1.165, 1.54) is 24.1 Å². The molecule has 1 unspecified atom stereocenters. The number of rotatable bonds is 4. The van der Waals surface area contributed by atoms with Gasteiger partial charge in [0.05, 0.1) is 0 Å². The van der Waals surface area contributed by atoms with E-state index in [2.05, 4.69) is 17.4 Å². The fourth-order valence-corrected chi connectivity index (χ4v) is 2.96. The maximum atomic E-state index is 5.66. The first-order valence-electron chi connectivity index (χ1n) is 7.48. The van der Waals surface area contributed by atoms with Gasteiger partial charge in [0.2, 0.25) is 0 Å². The zero-order valence-corrected chi connectivity index (χ0v) is 12.6. The highest BCUT2D eigenvalue weighted by molar-refractivity contribution is 5.48. The first-order chi connectivity index (χ1) is 10.3. The molecule has 1 aromatic carbocycles. The highest BCUT2D eigenvalue weighted by Crippen LogP contribution is 2.29. The molecule has 0 aliphatic heterocycles. The minimum atomic E-state index is -0.217. The number of aryl methyl sites for hydroxylation is 1. The molecule has 1 aliphatic carbocycles. The van der Waals surface area contributed by atoms with Gasteiger partial charge in [-0.05, 0) is 31.2 Å². The third-order valence-corrected chi connectivity index (χ3v) is 4.01. The molecular weight excluding hydrogens is 262 g/mol. The van der Waals surface area contributed by atoms with Crippen LogP contribution < -0.4 is 5.32 Å². The standard InChI is InChI=1S/C17H21N3O/c1-18-16-13-10-6-7-11-14(13)19-17(20-16)15(21-2)12-8-4-3-5-9-12/h3-5,8-9,15H,6-7,10-11H2,1-2H3,(H,18,19,20). The molecule has 0 saturated heterocycles. The van der Waals surface area contributed by atoms with Gasteiger partial charge in [-0.1, -0.05) is 30.3 Å². The molecule has 21 heavy (non-hydrogen) atoms. The van der Waals surface area contributed by atoms with Crippen molar-refractivity contribution < 1.29 is 4.74 Å². The fraction of sp³-hybridized carbons (Fsp3) is 0.412. The largest absolute Gasteiger partial charge is 0.373 e. The number of aromatic nitrogens is 2. The first kappa shape index (κ1) is 14.0. The quantitative estimate of drug-likeness (QED) is 0.936. The number of benzene rings is 1. The average Bonchev–Trinajstić information content (AvgIpc) is 2.56. The molecule has 2 aromatic rings. The molecule has 0 spiro atoms. The van der Waals surface area contributed by atoms with Crippen LogP contribution in [0.4, 0.5) is 5.82 Å². The van der Waals surface area contributed by atoms with Crippen LogP contribution in [0.15, 0.2) is 30.3 Å². The molecular formula is C17H21N3O. The summed E-state index contributed by atoms with van der Waals surface area (Å²) >= 11 is 0. The van der Waals surface area contributed by atoms with Gasteiger partial charge < -0.3 is 10.1 Å². The van der Waals surface area contributed by atoms with E-state index in [1.54, 1.807) is 7.11 Å². The molecule has 0 fully saturated rings. The Bertz CT molecular complexity index is 596. The van der Waals surface area contributed by atoms with E-state index >= 15 is 0 Å². The summed E-state index contributed by atoms with van der Waals surface area (Å²) in [5.41, 5.74) is 3.53. The molecule has 4 nitrogen and oxygen atoms in total. The summed E-state index contributed by atoms with van der Waals surface area (Å²) in [6.45, 7) is 0. The molecule has 4 heteroatoms. The summed E-state index contributed by atoms with van der Waals surface area (Å²) in [5, 5.41) is 3.22.